The molecule has 36 heavy (non-hydrogen) atoms. The summed E-state index contributed by atoms with van der Waals surface area (Å²) in [6.07, 6.45) is 0. The molecule has 4 aromatic carbocycles. The molecule has 0 spiro atoms. The molecule has 4 aromatic rings. The van der Waals surface area contributed by atoms with Crippen LogP contribution >= 0.6 is 0 Å². The predicted octanol–water partition coefficient (Wildman–Crippen LogP) is 6.25. The van der Waals surface area contributed by atoms with Crippen molar-refractivity contribution in [2.45, 2.75) is 23.9 Å². The van der Waals surface area contributed by atoms with Crippen LogP contribution in [0.2, 0.25) is 0 Å². The summed E-state index contributed by atoms with van der Waals surface area (Å²) in [6.45, 7) is 0.995. The molecular formula is C32H28N2O2. The Bertz CT molecular complexity index is 1150. The molecule has 178 valence electrons. The van der Waals surface area contributed by atoms with E-state index in [1.54, 1.807) is 0 Å². The summed E-state index contributed by atoms with van der Waals surface area (Å²) in [4.78, 5) is 10.0. The summed E-state index contributed by atoms with van der Waals surface area (Å²) in [7, 11) is 0. The van der Waals surface area contributed by atoms with Gasteiger partial charge >= 0.3 is 0 Å². The molecule has 2 atom stereocenters. The van der Waals surface area contributed by atoms with Crippen molar-refractivity contribution in [3.63, 3.8) is 0 Å². The fraction of sp³-hybridized carbons (Fsp3) is 0.188. The average molecular weight is 473 g/mol. The van der Waals surface area contributed by atoms with Crippen molar-refractivity contribution in [3.05, 3.63) is 144 Å². The van der Waals surface area contributed by atoms with Gasteiger partial charge in [-0.05, 0) is 22.3 Å². The Kier molecular flexibility index (Phi) is 6.32. The van der Waals surface area contributed by atoms with E-state index in [0.29, 0.717) is 25.0 Å². The average Bonchev–Trinajstić information content (AvgIpc) is 3.62. The molecule has 2 aliphatic heterocycles. The van der Waals surface area contributed by atoms with E-state index < -0.39 is 0 Å². The Morgan fingerprint density at radius 1 is 0.444 bits per heavy atom. The SMILES string of the molecule is c1ccc(C(c2ccccc2)[C@@H]2COC(C3=N[C@H](C(c4ccccc4)c4ccccc4)CO3)=N2)cc1. The Balaban J connectivity index is 1.30. The minimum Gasteiger partial charge on any atom is -0.472 e. The summed E-state index contributed by atoms with van der Waals surface area (Å²) < 4.78 is 12.2. The van der Waals surface area contributed by atoms with E-state index in [2.05, 4.69) is 97.1 Å². The van der Waals surface area contributed by atoms with Crippen LogP contribution in [0.25, 0.3) is 0 Å². The van der Waals surface area contributed by atoms with E-state index in [-0.39, 0.29) is 23.9 Å². The largest absolute Gasteiger partial charge is 0.472 e. The first kappa shape index (κ1) is 22.3. The summed E-state index contributed by atoms with van der Waals surface area (Å²) in [5.41, 5.74) is 4.90. The van der Waals surface area contributed by atoms with E-state index in [1.165, 1.54) is 22.3 Å². The molecule has 0 saturated carbocycles. The fourth-order valence-corrected chi connectivity index (χ4v) is 5.27. The third kappa shape index (κ3) is 4.55. The monoisotopic (exact) mass is 472 g/mol. The first-order chi connectivity index (χ1) is 17.9. The van der Waals surface area contributed by atoms with E-state index >= 15 is 0 Å². The van der Waals surface area contributed by atoms with Crippen LogP contribution < -0.4 is 0 Å². The molecule has 6 rings (SSSR count). The number of hydrogen-bond acceptors (Lipinski definition) is 4. The summed E-state index contributed by atoms with van der Waals surface area (Å²) in [5.74, 6) is 1.23. The fourth-order valence-electron chi connectivity index (χ4n) is 5.27. The third-order valence-corrected chi connectivity index (χ3v) is 6.94. The van der Waals surface area contributed by atoms with Crippen LogP contribution in [0.15, 0.2) is 131 Å². The lowest BCUT2D eigenvalue weighted by atomic mass is 9.86. The lowest BCUT2D eigenvalue weighted by molar-refractivity contribution is 0.287. The zero-order valence-electron chi connectivity index (χ0n) is 20.0. The van der Waals surface area contributed by atoms with Crippen molar-refractivity contribution in [2.75, 3.05) is 13.2 Å². The van der Waals surface area contributed by atoms with Crippen LogP contribution in [0.4, 0.5) is 0 Å². The van der Waals surface area contributed by atoms with Gasteiger partial charge in [0, 0.05) is 11.8 Å². The normalized spacial score (nSPS) is 19.1. The second-order valence-corrected chi connectivity index (χ2v) is 9.22. The lowest BCUT2D eigenvalue weighted by Crippen LogP contribution is -2.19. The quantitative estimate of drug-likeness (QED) is 0.319. The highest BCUT2D eigenvalue weighted by Crippen LogP contribution is 2.35. The molecular weight excluding hydrogens is 444 g/mol. The number of rotatable bonds is 7. The van der Waals surface area contributed by atoms with E-state index in [9.17, 15) is 0 Å². The van der Waals surface area contributed by atoms with Crippen LogP contribution in [0.1, 0.15) is 34.1 Å². The Morgan fingerprint density at radius 2 is 0.722 bits per heavy atom. The second kappa shape index (κ2) is 10.2. The van der Waals surface area contributed by atoms with Gasteiger partial charge in [0.25, 0.3) is 11.8 Å². The Hall–Kier alpha value is -4.18. The third-order valence-electron chi connectivity index (χ3n) is 6.94. The van der Waals surface area contributed by atoms with Crippen molar-refractivity contribution < 1.29 is 9.47 Å². The molecule has 0 unspecified atom stereocenters. The van der Waals surface area contributed by atoms with Crippen LogP contribution in [0, 0.1) is 0 Å². The van der Waals surface area contributed by atoms with Crippen molar-refractivity contribution in [3.8, 4) is 0 Å². The highest BCUT2D eigenvalue weighted by atomic mass is 16.5. The summed E-state index contributed by atoms with van der Waals surface area (Å²) in [6, 6.07) is 42.0. The first-order valence-corrected chi connectivity index (χ1v) is 12.5. The van der Waals surface area contributed by atoms with Gasteiger partial charge < -0.3 is 9.47 Å². The van der Waals surface area contributed by atoms with Crippen LogP contribution in [-0.2, 0) is 9.47 Å². The van der Waals surface area contributed by atoms with Gasteiger partial charge in [-0.2, -0.15) is 0 Å². The van der Waals surface area contributed by atoms with Gasteiger partial charge in [0.15, 0.2) is 0 Å². The van der Waals surface area contributed by atoms with E-state index in [0.717, 1.165) is 0 Å². The number of ether oxygens (including phenoxy) is 2. The highest BCUT2D eigenvalue weighted by Gasteiger charge is 2.37. The molecule has 0 bridgehead atoms. The van der Waals surface area contributed by atoms with Gasteiger partial charge in [-0.1, -0.05) is 121 Å². The lowest BCUT2D eigenvalue weighted by Gasteiger charge is -2.21. The number of nitrogens with zero attached hydrogens (tertiary/aromatic N) is 2. The van der Waals surface area contributed by atoms with Gasteiger partial charge in [-0.3, -0.25) is 0 Å². The minimum atomic E-state index is -0.0470. The van der Waals surface area contributed by atoms with Gasteiger partial charge in [0.1, 0.15) is 13.2 Å². The molecule has 4 nitrogen and oxygen atoms in total. The number of aliphatic imine (C=N–C) groups is 2. The topological polar surface area (TPSA) is 43.2 Å². The van der Waals surface area contributed by atoms with Gasteiger partial charge in [0.05, 0.1) is 12.1 Å². The van der Waals surface area contributed by atoms with E-state index in [4.69, 9.17) is 19.5 Å². The molecule has 2 heterocycles. The van der Waals surface area contributed by atoms with E-state index in [1.807, 2.05) is 24.3 Å². The van der Waals surface area contributed by atoms with Crippen molar-refractivity contribution >= 4 is 11.8 Å². The molecule has 0 N–H and O–H groups in total. The summed E-state index contributed by atoms with van der Waals surface area (Å²) >= 11 is 0. The van der Waals surface area contributed by atoms with Crippen LogP contribution in [-0.4, -0.2) is 37.1 Å². The maximum absolute atomic E-state index is 6.11. The molecule has 0 saturated heterocycles. The second-order valence-electron chi connectivity index (χ2n) is 9.22. The van der Waals surface area contributed by atoms with Crippen molar-refractivity contribution in [1.82, 2.24) is 0 Å². The highest BCUT2D eigenvalue weighted by molar-refractivity contribution is 6.36. The zero-order valence-corrected chi connectivity index (χ0v) is 20.0. The predicted molar refractivity (Wildman–Crippen MR) is 144 cm³/mol. The maximum atomic E-state index is 6.11. The maximum Gasteiger partial charge on any atom is 0.273 e. The number of hydrogen-bond donors (Lipinski definition) is 0. The van der Waals surface area contributed by atoms with Crippen molar-refractivity contribution in [2.24, 2.45) is 9.98 Å². The van der Waals surface area contributed by atoms with Gasteiger partial charge in [0.2, 0.25) is 0 Å². The molecule has 0 radical (unpaired) electrons. The molecule has 4 heteroatoms. The standard InChI is InChI=1S/C32H28N2O2/c1-5-13-23(14-6-1)29(24-15-7-2-8-16-24)27-21-35-31(33-27)32-34-28(22-36-32)30(25-17-9-3-10-18-25)26-19-11-4-12-20-26/h1-20,27-30H,21-22H2/t27-,28-/m0/s1. The zero-order chi connectivity index (χ0) is 24.2. The summed E-state index contributed by atoms with van der Waals surface area (Å²) in [5, 5.41) is 0. The first-order valence-electron chi connectivity index (χ1n) is 12.5. The molecule has 0 fully saturated rings. The Morgan fingerprint density at radius 3 is 1.00 bits per heavy atom. The van der Waals surface area contributed by atoms with Crippen molar-refractivity contribution in [1.29, 1.82) is 0 Å². The molecule has 0 amide bonds. The van der Waals surface area contributed by atoms with Crippen LogP contribution in [0.5, 0.6) is 0 Å². The Labute approximate surface area is 212 Å². The van der Waals surface area contributed by atoms with Crippen LogP contribution in [0.3, 0.4) is 0 Å². The minimum absolute atomic E-state index is 0.0470. The van der Waals surface area contributed by atoms with Gasteiger partial charge in [-0.25, -0.2) is 9.98 Å². The van der Waals surface area contributed by atoms with Gasteiger partial charge in [-0.15, -0.1) is 0 Å². The molecule has 0 aliphatic carbocycles. The molecule has 0 aromatic heterocycles. The smallest absolute Gasteiger partial charge is 0.273 e. The molecule has 2 aliphatic rings. The number of benzene rings is 4.